The third kappa shape index (κ3) is 4.19. The fourth-order valence-electron chi connectivity index (χ4n) is 1.35. The molecule has 0 aliphatic carbocycles. The van der Waals surface area contributed by atoms with Crippen molar-refractivity contribution < 1.29 is 9.18 Å². The van der Waals surface area contributed by atoms with Crippen LogP contribution in [0.1, 0.15) is 13.8 Å². The summed E-state index contributed by atoms with van der Waals surface area (Å²) in [6, 6.07) is 1.22. The van der Waals surface area contributed by atoms with Gasteiger partial charge in [0.25, 0.3) is 0 Å². The Hall–Kier alpha value is -1.36. The molecule has 1 rings (SSSR count). The van der Waals surface area contributed by atoms with Gasteiger partial charge in [-0.2, -0.15) is 0 Å². The predicted octanol–water partition coefficient (Wildman–Crippen LogP) is 1.83. The standard InChI is InChI=1S/C11H15ClFN3O/c1-7(2)15-10(17)6-16(3)11-9(13)4-8(12)5-14-11/h4-5,7H,6H2,1-3H3,(H,15,17). The van der Waals surface area contributed by atoms with Crippen LogP contribution in [0.4, 0.5) is 10.2 Å². The van der Waals surface area contributed by atoms with Gasteiger partial charge in [-0.1, -0.05) is 11.6 Å². The van der Waals surface area contributed by atoms with Crippen molar-refractivity contribution in [1.82, 2.24) is 10.3 Å². The maximum absolute atomic E-state index is 13.5. The molecule has 1 aromatic heterocycles. The molecule has 0 atom stereocenters. The van der Waals surface area contributed by atoms with E-state index >= 15 is 0 Å². The van der Waals surface area contributed by atoms with Crippen molar-refractivity contribution in [2.45, 2.75) is 19.9 Å². The Labute approximate surface area is 105 Å². The smallest absolute Gasteiger partial charge is 0.239 e. The van der Waals surface area contributed by atoms with Crippen LogP contribution in [0.5, 0.6) is 0 Å². The Kier molecular flexibility index (Phi) is 4.69. The molecule has 0 unspecified atom stereocenters. The third-order valence-electron chi connectivity index (χ3n) is 1.98. The molecule has 0 radical (unpaired) electrons. The molecule has 0 aliphatic heterocycles. The highest BCUT2D eigenvalue weighted by atomic mass is 35.5. The number of pyridine rings is 1. The number of nitrogens with one attached hydrogen (secondary N) is 1. The summed E-state index contributed by atoms with van der Waals surface area (Å²) in [5, 5.41) is 2.95. The first-order valence-corrected chi connectivity index (χ1v) is 5.59. The van der Waals surface area contributed by atoms with Crippen molar-refractivity contribution in [1.29, 1.82) is 0 Å². The summed E-state index contributed by atoms with van der Waals surface area (Å²) in [6.07, 6.45) is 1.34. The molecule has 1 N–H and O–H groups in total. The van der Waals surface area contributed by atoms with Gasteiger partial charge in [0, 0.05) is 19.3 Å². The van der Waals surface area contributed by atoms with E-state index in [4.69, 9.17) is 11.6 Å². The number of likely N-dealkylation sites (N-methyl/N-ethyl adjacent to an activating group) is 1. The second kappa shape index (κ2) is 5.82. The van der Waals surface area contributed by atoms with Crippen molar-refractivity contribution in [3.8, 4) is 0 Å². The number of anilines is 1. The maximum Gasteiger partial charge on any atom is 0.239 e. The summed E-state index contributed by atoms with van der Waals surface area (Å²) in [5.74, 6) is -0.621. The quantitative estimate of drug-likeness (QED) is 0.897. The molecule has 1 amide bonds. The lowest BCUT2D eigenvalue weighted by molar-refractivity contribution is -0.120. The molecule has 0 fully saturated rings. The fourth-order valence-corrected chi connectivity index (χ4v) is 1.49. The average molecular weight is 260 g/mol. The molecule has 17 heavy (non-hydrogen) atoms. The van der Waals surface area contributed by atoms with Gasteiger partial charge in [-0.25, -0.2) is 9.37 Å². The van der Waals surface area contributed by atoms with Gasteiger partial charge < -0.3 is 10.2 Å². The fraction of sp³-hybridized carbons (Fsp3) is 0.455. The lowest BCUT2D eigenvalue weighted by Gasteiger charge is -2.19. The van der Waals surface area contributed by atoms with E-state index in [0.29, 0.717) is 0 Å². The van der Waals surface area contributed by atoms with Gasteiger partial charge in [-0.05, 0) is 19.9 Å². The molecule has 1 heterocycles. The van der Waals surface area contributed by atoms with Gasteiger partial charge in [0.15, 0.2) is 11.6 Å². The number of carbonyl (C=O) groups excluding carboxylic acids is 1. The van der Waals surface area contributed by atoms with Crippen LogP contribution in [-0.2, 0) is 4.79 Å². The number of rotatable bonds is 4. The van der Waals surface area contributed by atoms with Crippen LogP contribution in [-0.4, -0.2) is 30.5 Å². The molecule has 4 nitrogen and oxygen atoms in total. The van der Waals surface area contributed by atoms with Gasteiger partial charge in [-0.15, -0.1) is 0 Å². The number of halogens is 2. The Morgan fingerprint density at radius 1 is 1.65 bits per heavy atom. The van der Waals surface area contributed by atoms with E-state index in [0.717, 1.165) is 0 Å². The molecule has 0 aliphatic rings. The van der Waals surface area contributed by atoms with Crippen molar-refractivity contribution in [2.24, 2.45) is 0 Å². The highest BCUT2D eigenvalue weighted by Crippen LogP contribution is 2.18. The number of hydrogen-bond donors (Lipinski definition) is 1. The lowest BCUT2D eigenvalue weighted by Crippen LogP contribution is -2.39. The molecular weight excluding hydrogens is 245 g/mol. The zero-order valence-corrected chi connectivity index (χ0v) is 10.8. The van der Waals surface area contributed by atoms with Gasteiger partial charge in [0.1, 0.15) is 0 Å². The number of carbonyl (C=O) groups is 1. The molecule has 0 saturated carbocycles. The predicted molar refractivity (Wildman–Crippen MR) is 65.8 cm³/mol. The zero-order chi connectivity index (χ0) is 13.0. The van der Waals surface area contributed by atoms with E-state index in [1.807, 2.05) is 13.8 Å². The van der Waals surface area contributed by atoms with Crippen LogP contribution < -0.4 is 10.2 Å². The Morgan fingerprint density at radius 3 is 2.82 bits per heavy atom. The molecule has 0 bridgehead atoms. The highest BCUT2D eigenvalue weighted by molar-refractivity contribution is 6.30. The third-order valence-corrected chi connectivity index (χ3v) is 2.19. The van der Waals surface area contributed by atoms with Gasteiger partial charge in [0.2, 0.25) is 5.91 Å². The summed E-state index contributed by atoms with van der Waals surface area (Å²) in [4.78, 5) is 16.8. The SMILES string of the molecule is CC(C)NC(=O)CN(C)c1ncc(Cl)cc1F. The minimum Gasteiger partial charge on any atom is -0.352 e. The first kappa shape index (κ1) is 13.7. The van der Waals surface area contributed by atoms with Crippen LogP contribution in [0.2, 0.25) is 5.02 Å². The Morgan fingerprint density at radius 2 is 2.29 bits per heavy atom. The molecular formula is C11H15ClFN3O. The maximum atomic E-state index is 13.5. The zero-order valence-electron chi connectivity index (χ0n) is 10.00. The molecule has 6 heteroatoms. The summed E-state index contributed by atoms with van der Waals surface area (Å²) in [5.41, 5.74) is 0. The largest absolute Gasteiger partial charge is 0.352 e. The van der Waals surface area contributed by atoms with E-state index in [-0.39, 0.29) is 29.3 Å². The van der Waals surface area contributed by atoms with Crippen molar-refractivity contribution >= 4 is 23.3 Å². The normalized spacial score (nSPS) is 10.5. The van der Waals surface area contributed by atoms with Gasteiger partial charge in [-0.3, -0.25) is 4.79 Å². The van der Waals surface area contributed by atoms with Gasteiger partial charge >= 0.3 is 0 Å². The monoisotopic (exact) mass is 259 g/mol. The molecule has 0 saturated heterocycles. The second-order valence-corrected chi connectivity index (χ2v) is 4.47. The van der Waals surface area contributed by atoms with Crippen LogP contribution in [0.25, 0.3) is 0 Å². The summed E-state index contributed by atoms with van der Waals surface area (Å²) < 4.78 is 13.5. The minimum atomic E-state index is -0.544. The lowest BCUT2D eigenvalue weighted by atomic mass is 10.3. The minimum absolute atomic E-state index is 0.0454. The first-order chi connectivity index (χ1) is 7.90. The average Bonchev–Trinajstić information content (AvgIpc) is 2.15. The van der Waals surface area contributed by atoms with E-state index < -0.39 is 5.82 Å². The van der Waals surface area contributed by atoms with Crippen molar-refractivity contribution in [3.63, 3.8) is 0 Å². The number of nitrogens with zero attached hydrogens (tertiary/aromatic N) is 2. The summed E-state index contributed by atoms with van der Waals surface area (Å²) >= 11 is 5.60. The van der Waals surface area contributed by atoms with Crippen molar-refractivity contribution in [2.75, 3.05) is 18.5 Å². The Bertz CT molecular complexity index is 412. The number of amides is 1. The first-order valence-electron chi connectivity index (χ1n) is 5.21. The van der Waals surface area contributed by atoms with Crippen LogP contribution in [0.15, 0.2) is 12.3 Å². The number of aromatic nitrogens is 1. The van der Waals surface area contributed by atoms with E-state index in [1.54, 1.807) is 7.05 Å². The molecule has 0 aromatic carbocycles. The van der Waals surface area contributed by atoms with E-state index in [2.05, 4.69) is 10.3 Å². The number of hydrogen-bond acceptors (Lipinski definition) is 3. The molecule has 0 spiro atoms. The Balaban J connectivity index is 2.69. The van der Waals surface area contributed by atoms with Gasteiger partial charge in [0.05, 0.1) is 11.6 Å². The topological polar surface area (TPSA) is 45.2 Å². The second-order valence-electron chi connectivity index (χ2n) is 4.04. The van der Waals surface area contributed by atoms with Crippen LogP contribution in [0.3, 0.4) is 0 Å². The van der Waals surface area contributed by atoms with E-state index in [9.17, 15) is 9.18 Å². The highest BCUT2D eigenvalue weighted by Gasteiger charge is 2.13. The summed E-state index contributed by atoms with van der Waals surface area (Å²) in [7, 11) is 1.60. The summed E-state index contributed by atoms with van der Waals surface area (Å²) in [6.45, 7) is 3.77. The molecule has 94 valence electrons. The van der Waals surface area contributed by atoms with E-state index in [1.165, 1.54) is 17.2 Å². The molecule has 1 aromatic rings. The van der Waals surface area contributed by atoms with Crippen LogP contribution >= 0.6 is 11.6 Å². The van der Waals surface area contributed by atoms with Crippen LogP contribution in [0, 0.1) is 5.82 Å². The van der Waals surface area contributed by atoms with Crippen molar-refractivity contribution in [3.05, 3.63) is 23.1 Å².